The summed E-state index contributed by atoms with van der Waals surface area (Å²) in [6.45, 7) is 4.23. The molecule has 0 aliphatic carbocycles. The Kier molecular flexibility index (Phi) is 3.67. The molecule has 0 spiro atoms. The molecule has 96 valence electrons. The van der Waals surface area contributed by atoms with Gasteiger partial charge in [0.05, 0.1) is 18.2 Å². The molecule has 1 heterocycles. The minimum atomic E-state index is -0.198. The zero-order valence-electron chi connectivity index (χ0n) is 10.6. The molecule has 1 aromatic carbocycles. The highest BCUT2D eigenvalue weighted by Crippen LogP contribution is 2.22. The molecule has 18 heavy (non-hydrogen) atoms. The highest BCUT2D eigenvalue weighted by molar-refractivity contribution is 6.05. The number of furan rings is 1. The van der Waals surface area contributed by atoms with Crippen molar-refractivity contribution in [2.75, 3.05) is 13.2 Å². The molecule has 1 N–H and O–H groups in total. The molecule has 0 unspecified atom stereocenters. The maximum absolute atomic E-state index is 12.4. The van der Waals surface area contributed by atoms with Crippen LogP contribution >= 0.6 is 0 Å². The first-order chi connectivity index (χ1) is 8.69. The Balaban J connectivity index is 2.38. The number of para-hydroxylation sites is 1. The van der Waals surface area contributed by atoms with Gasteiger partial charge in [0, 0.05) is 11.9 Å². The monoisotopic (exact) mass is 247 g/mol. The first-order valence-corrected chi connectivity index (χ1v) is 6.07. The van der Waals surface area contributed by atoms with E-state index in [-0.39, 0.29) is 18.6 Å². The molecule has 0 saturated heterocycles. The van der Waals surface area contributed by atoms with Gasteiger partial charge in [-0.05, 0) is 19.9 Å². The van der Waals surface area contributed by atoms with Crippen LogP contribution in [0.2, 0.25) is 0 Å². The van der Waals surface area contributed by atoms with Crippen LogP contribution in [0.4, 0.5) is 0 Å². The molecule has 4 heteroatoms. The number of hydrogen-bond donors (Lipinski definition) is 1. The summed E-state index contributed by atoms with van der Waals surface area (Å²) < 4.78 is 5.37. The molecule has 4 nitrogen and oxygen atoms in total. The zero-order valence-corrected chi connectivity index (χ0v) is 10.6. The molecule has 0 aliphatic heterocycles. The van der Waals surface area contributed by atoms with Gasteiger partial charge in [-0.2, -0.15) is 0 Å². The van der Waals surface area contributed by atoms with Crippen LogP contribution < -0.4 is 0 Å². The Labute approximate surface area is 106 Å². The number of nitrogens with zero attached hydrogens (tertiary/aromatic N) is 1. The first kappa shape index (κ1) is 12.6. The van der Waals surface area contributed by atoms with Crippen molar-refractivity contribution in [1.82, 2.24) is 4.90 Å². The van der Waals surface area contributed by atoms with Gasteiger partial charge in [-0.25, -0.2) is 0 Å². The smallest absolute Gasteiger partial charge is 0.258 e. The summed E-state index contributed by atoms with van der Waals surface area (Å²) in [4.78, 5) is 14.0. The van der Waals surface area contributed by atoms with Crippen molar-refractivity contribution >= 4 is 16.9 Å². The van der Waals surface area contributed by atoms with Crippen molar-refractivity contribution in [3.05, 3.63) is 36.1 Å². The number of fused-ring (bicyclic) bond motifs is 1. The summed E-state index contributed by atoms with van der Waals surface area (Å²) in [6, 6.07) is 7.24. The van der Waals surface area contributed by atoms with Gasteiger partial charge in [-0.3, -0.25) is 4.79 Å². The molecule has 0 fully saturated rings. The van der Waals surface area contributed by atoms with Crippen LogP contribution in [0.3, 0.4) is 0 Å². The molecule has 1 aromatic heterocycles. The normalized spacial score (nSPS) is 12.6. The largest absolute Gasteiger partial charge is 0.463 e. The molecule has 1 atom stereocenters. The number of amides is 1. The predicted molar refractivity (Wildman–Crippen MR) is 69.5 cm³/mol. The fraction of sp³-hybridized carbons (Fsp3) is 0.357. The maximum atomic E-state index is 12.4. The number of aliphatic hydroxyl groups excluding tert-OH is 1. The Morgan fingerprint density at radius 2 is 2.17 bits per heavy atom. The maximum Gasteiger partial charge on any atom is 0.258 e. The minimum Gasteiger partial charge on any atom is -0.463 e. The molecule has 2 aromatic rings. The van der Waals surface area contributed by atoms with Crippen molar-refractivity contribution in [2.24, 2.45) is 0 Å². The van der Waals surface area contributed by atoms with E-state index in [1.165, 1.54) is 6.26 Å². The van der Waals surface area contributed by atoms with Crippen LogP contribution in [0.15, 0.2) is 34.9 Å². The van der Waals surface area contributed by atoms with E-state index in [2.05, 4.69) is 0 Å². The van der Waals surface area contributed by atoms with E-state index >= 15 is 0 Å². The topological polar surface area (TPSA) is 53.7 Å². The van der Waals surface area contributed by atoms with Crippen molar-refractivity contribution in [3.63, 3.8) is 0 Å². The Hall–Kier alpha value is -1.81. The van der Waals surface area contributed by atoms with Crippen LogP contribution in [0.5, 0.6) is 0 Å². The van der Waals surface area contributed by atoms with Crippen molar-refractivity contribution in [1.29, 1.82) is 0 Å². The van der Waals surface area contributed by atoms with Gasteiger partial charge in [-0.1, -0.05) is 18.2 Å². The predicted octanol–water partition coefficient (Wildman–Crippen LogP) is 2.28. The summed E-state index contributed by atoms with van der Waals surface area (Å²) in [6.07, 6.45) is 1.49. The summed E-state index contributed by atoms with van der Waals surface area (Å²) in [5.41, 5.74) is 1.25. The summed E-state index contributed by atoms with van der Waals surface area (Å²) in [7, 11) is 0. The molecule has 0 aliphatic rings. The van der Waals surface area contributed by atoms with E-state index in [1.54, 1.807) is 4.90 Å². The SMILES string of the molecule is CCN(C(=O)c1coc2ccccc12)[C@H](C)CO. The molecular formula is C14H17NO3. The van der Waals surface area contributed by atoms with E-state index in [9.17, 15) is 9.90 Å². The molecule has 0 bridgehead atoms. The average Bonchev–Trinajstić information content (AvgIpc) is 2.82. The second-order valence-corrected chi connectivity index (χ2v) is 4.27. The third-order valence-corrected chi connectivity index (χ3v) is 3.11. The van der Waals surface area contributed by atoms with Gasteiger partial charge in [0.1, 0.15) is 11.8 Å². The van der Waals surface area contributed by atoms with Crippen molar-refractivity contribution in [2.45, 2.75) is 19.9 Å². The molecule has 1 amide bonds. The van der Waals surface area contributed by atoms with Crippen LogP contribution in [0, 0.1) is 0 Å². The number of aliphatic hydroxyl groups is 1. The molecule has 0 radical (unpaired) electrons. The third kappa shape index (κ3) is 2.11. The Bertz CT molecular complexity index is 547. The van der Waals surface area contributed by atoms with Crippen LogP contribution in [-0.2, 0) is 0 Å². The number of hydrogen-bond acceptors (Lipinski definition) is 3. The van der Waals surface area contributed by atoms with E-state index in [4.69, 9.17) is 4.42 Å². The summed E-state index contributed by atoms with van der Waals surface area (Å²) >= 11 is 0. The van der Waals surface area contributed by atoms with E-state index in [0.29, 0.717) is 17.7 Å². The first-order valence-electron chi connectivity index (χ1n) is 6.07. The lowest BCUT2D eigenvalue weighted by Crippen LogP contribution is -2.40. The number of carbonyl (C=O) groups is 1. The van der Waals surface area contributed by atoms with Crippen LogP contribution in [-0.4, -0.2) is 35.1 Å². The van der Waals surface area contributed by atoms with Crippen molar-refractivity contribution in [3.8, 4) is 0 Å². The number of benzene rings is 1. The lowest BCUT2D eigenvalue weighted by molar-refractivity contribution is 0.0633. The fourth-order valence-corrected chi connectivity index (χ4v) is 2.05. The Morgan fingerprint density at radius 3 is 2.83 bits per heavy atom. The third-order valence-electron chi connectivity index (χ3n) is 3.11. The lowest BCUT2D eigenvalue weighted by atomic mass is 10.1. The van der Waals surface area contributed by atoms with E-state index < -0.39 is 0 Å². The number of rotatable bonds is 4. The van der Waals surface area contributed by atoms with Gasteiger partial charge < -0.3 is 14.4 Å². The van der Waals surface area contributed by atoms with Crippen LogP contribution in [0.1, 0.15) is 24.2 Å². The fourth-order valence-electron chi connectivity index (χ4n) is 2.05. The van der Waals surface area contributed by atoms with Gasteiger partial charge in [-0.15, -0.1) is 0 Å². The highest BCUT2D eigenvalue weighted by atomic mass is 16.3. The lowest BCUT2D eigenvalue weighted by Gasteiger charge is -2.26. The van der Waals surface area contributed by atoms with Crippen molar-refractivity contribution < 1.29 is 14.3 Å². The summed E-state index contributed by atoms with van der Waals surface area (Å²) in [5.74, 6) is -0.107. The quantitative estimate of drug-likeness (QED) is 0.901. The summed E-state index contributed by atoms with van der Waals surface area (Å²) in [5, 5.41) is 9.99. The van der Waals surface area contributed by atoms with Gasteiger partial charge in [0.2, 0.25) is 0 Å². The zero-order chi connectivity index (χ0) is 13.1. The molecular weight excluding hydrogens is 230 g/mol. The van der Waals surface area contributed by atoms with E-state index in [1.807, 2.05) is 38.1 Å². The van der Waals surface area contributed by atoms with Gasteiger partial charge in [0.25, 0.3) is 5.91 Å². The van der Waals surface area contributed by atoms with E-state index in [0.717, 1.165) is 5.39 Å². The number of carbonyl (C=O) groups excluding carboxylic acids is 1. The Morgan fingerprint density at radius 1 is 1.44 bits per heavy atom. The number of likely N-dealkylation sites (N-methyl/N-ethyl adjacent to an activating group) is 1. The second kappa shape index (κ2) is 5.23. The van der Waals surface area contributed by atoms with Crippen LogP contribution in [0.25, 0.3) is 11.0 Å². The standard InChI is InChI=1S/C14H17NO3/c1-3-15(10(2)8-16)14(17)12-9-18-13-7-5-4-6-11(12)13/h4-7,9-10,16H,3,8H2,1-2H3/t10-/m1/s1. The van der Waals surface area contributed by atoms with Gasteiger partial charge in [0.15, 0.2) is 0 Å². The minimum absolute atomic E-state index is 0.0463. The molecule has 2 rings (SSSR count). The van der Waals surface area contributed by atoms with Gasteiger partial charge >= 0.3 is 0 Å². The second-order valence-electron chi connectivity index (χ2n) is 4.27. The highest BCUT2D eigenvalue weighted by Gasteiger charge is 2.22. The average molecular weight is 247 g/mol. The molecule has 0 saturated carbocycles.